The molecule has 0 saturated heterocycles. The Hall–Kier alpha value is -7.78. The summed E-state index contributed by atoms with van der Waals surface area (Å²) in [7, 11) is 0. The van der Waals surface area contributed by atoms with Crippen LogP contribution in [0.25, 0.3) is 64.7 Å². The molecule has 2 aliphatic carbocycles. The highest BCUT2D eigenvalue weighted by atomic mass is 32.1. The van der Waals surface area contributed by atoms with Crippen molar-refractivity contribution in [1.29, 1.82) is 0 Å². The van der Waals surface area contributed by atoms with E-state index in [9.17, 15) is 0 Å². The second-order valence-corrected chi connectivity index (χ2v) is 22.1. The summed E-state index contributed by atoms with van der Waals surface area (Å²) in [6.07, 6.45) is 2.31. The molecule has 0 aliphatic heterocycles. The molecule has 0 unspecified atom stereocenters. The Morgan fingerprint density at radius 1 is 0.352 bits per heavy atom. The fourth-order valence-electron chi connectivity index (χ4n) is 12.3. The summed E-state index contributed by atoms with van der Waals surface area (Å²) in [4.78, 5) is 2.50. The minimum atomic E-state index is -0.536. The second kappa shape index (κ2) is 16.7. The molecule has 0 radical (unpaired) electrons. The fraction of sp³-hybridized carbons (Fsp3) is 0.130. The van der Waals surface area contributed by atoms with Crippen molar-refractivity contribution in [3.63, 3.8) is 0 Å². The van der Waals surface area contributed by atoms with Gasteiger partial charge in [-0.15, -0.1) is 11.3 Å². The lowest BCUT2D eigenvalue weighted by Crippen LogP contribution is -2.35. The van der Waals surface area contributed by atoms with E-state index >= 15 is 0 Å². The molecule has 0 N–H and O–H groups in total. The van der Waals surface area contributed by atoms with Gasteiger partial charge in [0.2, 0.25) is 0 Å². The number of hydrogen-bond acceptors (Lipinski definition) is 2. The average molecular weight is 930 g/mol. The van der Waals surface area contributed by atoms with Gasteiger partial charge in [-0.25, -0.2) is 0 Å². The number of fused-ring (bicyclic) bond motifs is 7. The molecule has 0 atom stereocenters. The molecule has 1 heterocycles. The highest BCUT2D eigenvalue weighted by molar-refractivity contribution is 7.25. The lowest BCUT2D eigenvalue weighted by molar-refractivity contribution is 0.331. The Morgan fingerprint density at radius 2 is 0.859 bits per heavy atom. The molecule has 71 heavy (non-hydrogen) atoms. The number of para-hydroxylation sites is 1. The van der Waals surface area contributed by atoms with E-state index in [-0.39, 0.29) is 10.8 Å². The SMILES string of the molecule is CC1(C)CCC(C)(C)c2cc3c(cc21)-c1c(-c2ccccc2N(c2ccc(-c4ccc(-c5ccccc5)cc4)cc2)c2ccc4c(c2)sc2ccccc24)cccc1C3(c1ccccc1)c1ccccc1. The van der Waals surface area contributed by atoms with Crippen molar-refractivity contribution in [2.75, 3.05) is 4.90 Å². The van der Waals surface area contributed by atoms with Gasteiger partial charge in [0.25, 0.3) is 0 Å². The van der Waals surface area contributed by atoms with E-state index in [0.717, 1.165) is 29.9 Å². The van der Waals surface area contributed by atoms with Crippen molar-refractivity contribution in [1.82, 2.24) is 0 Å². The molecule has 10 aromatic carbocycles. The summed E-state index contributed by atoms with van der Waals surface area (Å²) < 4.78 is 2.59. The molecule has 2 heteroatoms. The molecule has 0 saturated carbocycles. The minimum Gasteiger partial charge on any atom is -0.310 e. The normalized spacial score (nSPS) is 15.0. The molecule has 13 rings (SSSR count). The van der Waals surface area contributed by atoms with E-state index in [0.29, 0.717) is 0 Å². The molecule has 1 aromatic heterocycles. The van der Waals surface area contributed by atoms with Crippen molar-refractivity contribution < 1.29 is 0 Å². The van der Waals surface area contributed by atoms with E-state index in [2.05, 4.69) is 269 Å². The predicted molar refractivity (Wildman–Crippen MR) is 303 cm³/mol. The van der Waals surface area contributed by atoms with Crippen LogP contribution in [0.2, 0.25) is 0 Å². The minimum absolute atomic E-state index is 0.0375. The summed E-state index contributed by atoms with van der Waals surface area (Å²) in [6, 6.07) is 88.8. The molecule has 342 valence electrons. The van der Waals surface area contributed by atoms with Gasteiger partial charge in [0.1, 0.15) is 0 Å². The first-order valence-electron chi connectivity index (χ1n) is 25.2. The highest BCUT2D eigenvalue weighted by Gasteiger charge is 2.49. The summed E-state index contributed by atoms with van der Waals surface area (Å²) >= 11 is 1.87. The van der Waals surface area contributed by atoms with Gasteiger partial charge in [-0.1, -0.05) is 222 Å². The van der Waals surface area contributed by atoms with Crippen molar-refractivity contribution in [2.24, 2.45) is 0 Å². The maximum Gasteiger partial charge on any atom is 0.0713 e. The fourth-order valence-corrected chi connectivity index (χ4v) is 13.4. The Bertz CT molecular complexity index is 3750. The molecule has 2 aliphatic rings. The third-order valence-corrected chi connectivity index (χ3v) is 17.2. The standard InChI is InChI=1S/C69H55NS/c1-67(2)41-42-68(3,4)62-45-60-58(44-61(62)67)66-57(27-18-28-59(66)69(60,50-21-10-6-11-22-50)51-23-12-7-13-24-51)54-25-14-16-29-63(54)70(53-39-40-56-55-26-15-17-30-64(55)71-65(56)43-53)52-37-35-49(36-38-52)48-33-31-47(32-34-48)46-19-8-5-9-20-46/h5-40,43-45H,41-42H2,1-4H3. The topological polar surface area (TPSA) is 3.24 Å². The first-order chi connectivity index (χ1) is 34.7. The van der Waals surface area contributed by atoms with E-state index in [4.69, 9.17) is 0 Å². The van der Waals surface area contributed by atoms with Gasteiger partial charge in [0.15, 0.2) is 0 Å². The Balaban J connectivity index is 1.04. The second-order valence-electron chi connectivity index (χ2n) is 21.0. The molecular weight excluding hydrogens is 875 g/mol. The van der Waals surface area contributed by atoms with Crippen LogP contribution < -0.4 is 4.90 Å². The average Bonchev–Trinajstić information content (AvgIpc) is 3.94. The van der Waals surface area contributed by atoms with E-state index in [1.807, 2.05) is 11.3 Å². The lowest BCUT2D eigenvalue weighted by Gasteiger charge is -2.43. The molecule has 0 bridgehead atoms. The van der Waals surface area contributed by atoms with Crippen LogP contribution in [0.1, 0.15) is 73.9 Å². The van der Waals surface area contributed by atoms with Crippen LogP contribution in [0, 0.1) is 0 Å². The summed E-state index contributed by atoms with van der Waals surface area (Å²) in [6.45, 7) is 9.84. The Kier molecular flexibility index (Phi) is 10.2. The van der Waals surface area contributed by atoms with Crippen LogP contribution in [0.5, 0.6) is 0 Å². The monoisotopic (exact) mass is 929 g/mol. The predicted octanol–water partition coefficient (Wildman–Crippen LogP) is 19.2. The molecule has 1 nitrogen and oxygen atoms in total. The van der Waals surface area contributed by atoms with Crippen LogP contribution in [-0.4, -0.2) is 0 Å². The number of anilines is 3. The number of nitrogens with zero attached hydrogens (tertiary/aromatic N) is 1. The molecular formula is C69H55NS. The zero-order chi connectivity index (χ0) is 47.9. The van der Waals surface area contributed by atoms with Crippen molar-refractivity contribution in [2.45, 2.75) is 56.8 Å². The summed E-state index contributed by atoms with van der Waals surface area (Å²) in [5.41, 5.74) is 21.1. The van der Waals surface area contributed by atoms with Gasteiger partial charge in [-0.2, -0.15) is 0 Å². The zero-order valence-corrected chi connectivity index (χ0v) is 41.6. The van der Waals surface area contributed by atoms with Crippen LogP contribution in [0.15, 0.2) is 237 Å². The van der Waals surface area contributed by atoms with E-state index in [1.54, 1.807) is 0 Å². The zero-order valence-electron chi connectivity index (χ0n) is 40.8. The Morgan fingerprint density at radius 3 is 1.52 bits per heavy atom. The van der Waals surface area contributed by atoms with Gasteiger partial charge < -0.3 is 4.90 Å². The number of hydrogen-bond donors (Lipinski definition) is 0. The number of benzene rings is 10. The van der Waals surface area contributed by atoms with Crippen molar-refractivity contribution >= 4 is 48.6 Å². The lowest BCUT2D eigenvalue weighted by atomic mass is 9.61. The third kappa shape index (κ3) is 6.95. The molecule has 0 fully saturated rings. The number of rotatable bonds is 8. The van der Waals surface area contributed by atoms with E-state index in [1.165, 1.54) is 98.1 Å². The van der Waals surface area contributed by atoms with Crippen LogP contribution in [0.4, 0.5) is 17.1 Å². The van der Waals surface area contributed by atoms with Gasteiger partial charge >= 0.3 is 0 Å². The van der Waals surface area contributed by atoms with Gasteiger partial charge in [0, 0.05) is 37.1 Å². The largest absolute Gasteiger partial charge is 0.310 e. The van der Waals surface area contributed by atoms with Crippen LogP contribution in [-0.2, 0) is 16.2 Å². The van der Waals surface area contributed by atoms with Crippen LogP contribution >= 0.6 is 11.3 Å². The van der Waals surface area contributed by atoms with E-state index < -0.39 is 5.41 Å². The van der Waals surface area contributed by atoms with Crippen LogP contribution in [0.3, 0.4) is 0 Å². The molecule has 0 spiro atoms. The number of thiophene rings is 1. The first kappa shape index (κ1) is 43.3. The summed E-state index contributed by atoms with van der Waals surface area (Å²) in [5.74, 6) is 0. The van der Waals surface area contributed by atoms with Crippen molar-refractivity contribution in [3.05, 3.63) is 270 Å². The van der Waals surface area contributed by atoms with Gasteiger partial charge in [-0.05, 0) is 138 Å². The molecule has 0 amide bonds. The first-order valence-corrected chi connectivity index (χ1v) is 26.0. The van der Waals surface area contributed by atoms with Gasteiger partial charge in [-0.3, -0.25) is 0 Å². The maximum atomic E-state index is 2.64. The smallest absolute Gasteiger partial charge is 0.0713 e. The van der Waals surface area contributed by atoms with Gasteiger partial charge in [0.05, 0.1) is 11.1 Å². The highest BCUT2D eigenvalue weighted by Crippen LogP contribution is 2.61. The van der Waals surface area contributed by atoms with Crippen molar-refractivity contribution in [3.8, 4) is 44.5 Å². The Labute approximate surface area is 422 Å². The maximum absolute atomic E-state index is 2.64. The third-order valence-electron chi connectivity index (χ3n) is 16.1. The molecule has 11 aromatic rings. The summed E-state index contributed by atoms with van der Waals surface area (Å²) in [5, 5.41) is 2.60. The quantitative estimate of drug-likeness (QED) is 0.147.